The third-order valence-electron chi connectivity index (χ3n) is 4.06. The van der Waals surface area contributed by atoms with Gasteiger partial charge < -0.3 is 9.88 Å². The van der Waals surface area contributed by atoms with Crippen LogP contribution in [0.25, 0.3) is 10.9 Å². The largest absolute Gasteiger partial charge is 0.352 e. The summed E-state index contributed by atoms with van der Waals surface area (Å²) in [5.41, 5.74) is 4.71. The number of pyridine rings is 1. The maximum atomic E-state index is 12.6. The predicted molar refractivity (Wildman–Crippen MR) is 95.1 cm³/mol. The fourth-order valence-corrected chi connectivity index (χ4v) is 2.97. The highest BCUT2D eigenvalue weighted by atomic mass is 16.1. The number of carbonyl (C=O) groups is 1. The first-order valence-electron chi connectivity index (χ1n) is 8.17. The van der Waals surface area contributed by atoms with Gasteiger partial charge in [0.15, 0.2) is 0 Å². The van der Waals surface area contributed by atoms with Crippen molar-refractivity contribution in [1.82, 2.24) is 19.9 Å². The van der Waals surface area contributed by atoms with Gasteiger partial charge in [-0.05, 0) is 44.9 Å². The lowest BCUT2D eigenvalue weighted by atomic mass is 10.0. The number of hydrogen-bond acceptors (Lipinski definition) is 3. The van der Waals surface area contributed by atoms with Crippen LogP contribution in [0.1, 0.15) is 33.6 Å². The van der Waals surface area contributed by atoms with Crippen LogP contribution < -0.4 is 5.32 Å². The van der Waals surface area contributed by atoms with Gasteiger partial charge in [0.1, 0.15) is 0 Å². The van der Waals surface area contributed by atoms with Crippen molar-refractivity contribution in [1.29, 1.82) is 0 Å². The molecule has 0 aliphatic rings. The third-order valence-corrected chi connectivity index (χ3v) is 4.06. The molecule has 0 aliphatic carbocycles. The number of carbonyl (C=O) groups excluding carboxylic acids is 1. The van der Waals surface area contributed by atoms with Crippen molar-refractivity contribution in [2.45, 2.75) is 33.7 Å². The number of amides is 1. The van der Waals surface area contributed by atoms with E-state index < -0.39 is 0 Å². The molecule has 0 bridgehead atoms. The molecule has 0 unspecified atom stereocenters. The van der Waals surface area contributed by atoms with Crippen LogP contribution in [0.2, 0.25) is 0 Å². The molecule has 0 fully saturated rings. The normalized spacial score (nSPS) is 11.0. The first kappa shape index (κ1) is 16.2. The second kappa shape index (κ2) is 6.83. The second-order valence-corrected chi connectivity index (χ2v) is 6.20. The lowest BCUT2D eigenvalue weighted by Gasteiger charge is -2.11. The van der Waals surface area contributed by atoms with Gasteiger partial charge in [-0.25, -0.2) is 4.98 Å². The van der Waals surface area contributed by atoms with Crippen molar-refractivity contribution < 1.29 is 4.79 Å². The summed E-state index contributed by atoms with van der Waals surface area (Å²) in [6.07, 6.45) is 6.33. The Labute approximate surface area is 141 Å². The monoisotopic (exact) mass is 322 g/mol. The van der Waals surface area contributed by atoms with Crippen LogP contribution in [0, 0.1) is 20.8 Å². The number of benzene rings is 1. The molecule has 3 rings (SSSR count). The molecule has 1 N–H and O–H groups in total. The van der Waals surface area contributed by atoms with Gasteiger partial charge in [-0.1, -0.05) is 11.6 Å². The van der Waals surface area contributed by atoms with Gasteiger partial charge in [-0.15, -0.1) is 0 Å². The molecule has 0 saturated heterocycles. The first-order valence-corrected chi connectivity index (χ1v) is 8.17. The lowest BCUT2D eigenvalue weighted by molar-refractivity contribution is 0.0954. The molecule has 0 aliphatic heterocycles. The molecule has 2 heterocycles. The van der Waals surface area contributed by atoms with Gasteiger partial charge in [0, 0.05) is 36.6 Å². The fraction of sp³-hybridized carbons (Fsp3) is 0.316. The quantitative estimate of drug-likeness (QED) is 0.734. The Kier molecular flexibility index (Phi) is 4.60. The van der Waals surface area contributed by atoms with E-state index in [2.05, 4.69) is 21.4 Å². The number of aryl methyl sites for hydroxylation is 4. The molecule has 1 aromatic carbocycles. The smallest absolute Gasteiger partial charge is 0.252 e. The molecule has 0 spiro atoms. The molecule has 2 aromatic heterocycles. The molecule has 124 valence electrons. The summed E-state index contributed by atoms with van der Waals surface area (Å²) in [7, 11) is 0. The summed E-state index contributed by atoms with van der Waals surface area (Å²) in [6, 6.07) is 6.00. The Morgan fingerprint density at radius 3 is 2.79 bits per heavy atom. The number of rotatable bonds is 5. The average Bonchev–Trinajstić information content (AvgIpc) is 3.05. The van der Waals surface area contributed by atoms with Crippen LogP contribution >= 0.6 is 0 Å². The molecule has 3 aromatic rings. The van der Waals surface area contributed by atoms with E-state index in [0.717, 1.165) is 40.7 Å². The molecular formula is C19H22N4O. The standard InChI is InChI=1S/C19H22N4O/c1-13-9-14(2)18-16(10-13)17(11-15(3)22-18)19(24)21-5-4-7-23-8-6-20-12-23/h6,8-12H,4-5,7H2,1-3H3,(H,21,24). The molecular weight excluding hydrogens is 300 g/mol. The summed E-state index contributed by atoms with van der Waals surface area (Å²) in [4.78, 5) is 21.2. The van der Waals surface area contributed by atoms with E-state index in [0.29, 0.717) is 12.1 Å². The lowest BCUT2D eigenvalue weighted by Crippen LogP contribution is -2.25. The van der Waals surface area contributed by atoms with E-state index in [1.165, 1.54) is 0 Å². The summed E-state index contributed by atoms with van der Waals surface area (Å²) >= 11 is 0. The zero-order valence-electron chi connectivity index (χ0n) is 14.3. The van der Waals surface area contributed by atoms with Crippen LogP contribution in [0.3, 0.4) is 0 Å². The van der Waals surface area contributed by atoms with E-state index in [-0.39, 0.29) is 5.91 Å². The molecule has 0 saturated carbocycles. The van der Waals surface area contributed by atoms with E-state index in [9.17, 15) is 4.79 Å². The Bertz CT molecular complexity index is 869. The van der Waals surface area contributed by atoms with Crippen LogP contribution in [0.15, 0.2) is 36.9 Å². The fourth-order valence-electron chi connectivity index (χ4n) is 2.97. The molecule has 5 nitrogen and oxygen atoms in total. The number of hydrogen-bond donors (Lipinski definition) is 1. The maximum absolute atomic E-state index is 12.6. The van der Waals surface area contributed by atoms with Gasteiger partial charge in [0.25, 0.3) is 5.91 Å². The number of aromatic nitrogens is 3. The van der Waals surface area contributed by atoms with E-state index in [4.69, 9.17) is 0 Å². The zero-order valence-corrected chi connectivity index (χ0v) is 14.3. The van der Waals surface area contributed by atoms with Crippen molar-refractivity contribution in [2.75, 3.05) is 6.54 Å². The molecule has 24 heavy (non-hydrogen) atoms. The maximum Gasteiger partial charge on any atom is 0.252 e. The topological polar surface area (TPSA) is 59.8 Å². The SMILES string of the molecule is Cc1cc(C)c2nc(C)cc(C(=O)NCCCn3ccnc3)c2c1. The van der Waals surface area contributed by atoms with Crippen molar-refractivity contribution in [3.05, 3.63) is 59.3 Å². The van der Waals surface area contributed by atoms with Crippen LogP contribution in [0.5, 0.6) is 0 Å². The summed E-state index contributed by atoms with van der Waals surface area (Å²) in [5.74, 6) is -0.0406. The Balaban J connectivity index is 1.76. The Morgan fingerprint density at radius 1 is 1.21 bits per heavy atom. The highest BCUT2D eigenvalue weighted by Crippen LogP contribution is 2.23. The average molecular weight is 322 g/mol. The van der Waals surface area contributed by atoms with E-state index in [1.807, 2.05) is 43.7 Å². The first-order chi connectivity index (χ1) is 11.5. The molecule has 0 atom stereocenters. The number of fused-ring (bicyclic) bond motifs is 1. The number of nitrogens with zero attached hydrogens (tertiary/aromatic N) is 3. The van der Waals surface area contributed by atoms with E-state index in [1.54, 1.807) is 12.5 Å². The van der Waals surface area contributed by atoms with Gasteiger partial charge in [-0.3, -0.25) is 9.78 Å². The molecule has 5 heteroatoms. The van der Waals surface area contributed by atoms with Crippen molar-refractivity contribution in [3.8, 4) is 0 Å². The van der Waals surface area contributed by atoms with E-state index >= 15 is 0 Å². The van der Waals surface area contributed by atoms with Crippen LogP contribution in [-0.4, -0.2) is 27.0 Å². The highest BCUT2D eigenvalue weighted by Gasteiger charge is 2.13. The van der Waals surface area contributed by atoms with Crippen LogP contribution in [0.4, 0.5) is 0 Å². The minimum absolute atomic E-state index is 0.0406. The van der Waals surface area contributed by atoms with Crippen LogP contribution in [-0.2, 0) is 6.54 Å². The molecule has 1 amide bonds. The van der Waals surface area contributed by atoms with Gasteiger partial charge in [0.2, 0.25) is 0 Å². The highest BCUT2D eigenvalue weighted by molar-refractivity contribution is 6.07. The zero-order chi connectivity index (χ0) is 17.1. The summed E-state index contributed by atoms with van der Waals surface area (Å²) < 4.78 is 2.00. The van der Waals surface area contributed by atoms with Gasteiger partial charge >= 0.3 is 0 Å². The predicted octanol–water partition coefficient (Wildman–Crippen LogP) is 3.18. The Hall–Kier alpha value is -2.69. The van der Waals surface area contributed by atoms with Crippen molar-refractivity contribution >= 4 is 16.8 Å². The third kappa shape index (κ3) is 3.45. The van der Waals surface area contributed by atoms with Gasteiger partial charge in [-0.2, -0.15) is 0 Å². The summed E-state index contributed by atoms with van der Waals surface area (Å²) in [5, 5.41) is 3.94. The van der Waals surface area contributed by atoms with Gasteiger partial charge in [0.05, 0.1) is 17.4 Å². The minimum Gasteiger partial charge on any atom is -0.352 e. The second-order valence-electron chi connectivity index (χ2n) is 6.20. The number of imidazole rings is 1. The van der Waals surface area contributed by atoms with Crippen molar-refractivity contribution in [3.63, 3.8) is 0 Å². The molecule has 0 radical (unpaired) electrons. The number of nitrogens with one attached hydrogen (secondary N) is 1. The minimum atomic E-state index is -0.0406. The van der Waals surface area contributed by atoms with Crippen molar-refractivity contribution in [2.24, 2.45) is 0 Å². The summed E-state index contributed by atoms with van der Waals surface area (Å²) in [6.45, 7) is 7.47. The Morgan fingerprint density at radius 2 is 2.04 bits per heavy atom.